The number of thioether (sulfide) groups is 1. The van der Waals surface area contributed by atoms with Crippen molar-refractivity contribution in [1.82, 2.24) is 9.97 Å². The van der Waals surface area contributed by atoms with E-state index in [9.17, 15) is 9.59 Å². The second kappa shape index (κ2) is 7.01. The van der Waals surface area contributed by atoms with Gasteiger partial charge in [0.1, 0.15) is 0 Å². The maximum atomic E-state index is 12.2. The van der Waals surface area contributed by atoms with E-state index < -0.39 is 0 Å². The van der Waals surface area contributed by atoms with E-state index >= 15 is 0 Å². The first-order valence-electron chi connectivity index (χ1n) is 8.09. The number of para-hydroxylation sites is 1. The number of hydrogen-bond acceptors (Lipinski definition) is 4. The van der Waals surface area contributed by atoms with E-state index in [-0.39, 0.29) is 17.2 Å². The number of benzene rings is 3. The van der Waals surface area contributed by atoms with Gasteiger partial charge in [0.05, 0.1) is 16.7 Å². The topological polar surface area (TPSA) is 74.8 Å². The number of anilines is 1. The van der Waals surface area contributed by atoms with Crippen LogP contribution < -0.4 is 10.9 Å². The van der Waals surface area contributed by atoms with Gasteiger partial charge in [0.2, 0.25) is 5.91 Å². The van der Waals surface area contributed by atoms with Crippen molar-refractivity contribution in [3.63, 3.8) is 0 Å². The Morgan fingerprint density at radius 2 is 1.77 bits per heavy atom. The molecule has 1 heterocycles. The van der Waals surface area contributed by atoms with E-state index in [1.807, 2.05) is 48.5 Å². The van der Waals surface area contributed by atoms with Crippen molar-refractivity contribution in [1.29, 1.82) is 0 Å². The van der Waals surface area contributed by atoms with Gasteiger partial charge in [0.15, 0.2) is 5.16 Å². The predicted molar refractivity (Wildman–Crippen MR) is 106 cm³/mol. The Morgan fingerprint density at radius 3 is 2.65 bits per heavy atom. The summed E-state index contributed by atoms with van der Waals surface area (Å²) < 4.78 is 0. The van der Waals surface area contributed by atoms with Gasteiger partial charge in [0.25, 0.3) is 5.56 Å². The van der Waals surface area contributed by atoms with Crippen LogP contribution in [0.15, 0.2) is 76.7 Å². The molecule has 3 aromatic carbocycles. The summed E-state index contributed by atoms with van der Waals surface area (Å²) >= 11 is 1.20. The summed E-state index contributed by atoms with van der Waals surface area (Å²) in [5.41, 5.74) is 1.16. The number of carbonyl (C=O) groups excluding carboxylic acids is 1. The van der Waals surface area contributed by atoms with E-state index in [4.69, 9.17) is 0 Å². The highest BCUT2D eigenvalue weighted by molar-refractivity contribution is 7.99. The van der Waals surface area contributed by atoms with Crippen molar-refractivity contribution < 1.29 is 4.79 Å². The largest absolute Gasteiger partial charge is 0.325 e. The van der Waals surface area contributed by atoms with Crippen LogP contribution in [-0.4, -0.2) is 21.6 Å². The molecule has 0 saturated carbocycles. The molecule has 1 amide bonds. The molecule has 128 valence electrons. The molecule has 0 bridgehead atoms. The lowest BCUT2D eigenvalue weighted by Gasteiger charge is -2.07. The third-order valence-corrected chi connectivity index (χ3v) is 4.84. The molecule has 0 radical (unpaired) electrons. The van der Waals surface area contributed by atoms with Gasteiger partial charge in [-0.1, -0.05) is 54.2 Å². The van der Waals surface area contributed by atoms with E-state index in [1.54, 1.807) is 18.2 Å². The van der Waals surface area contributed by atoms with E-state index in [0.717, 1.165) is 16.5 Å². The zero-order valence-electron chi connectivity index (χ0n) is 13.7. The highest BCUT2D eigenvalue weighted by Gasteiger charge is 2.08. The van der Waals surface area contributed by atoms with E-state index in [2.05, 4.69) is 15.3 Å². The Morgan fingerprint density at radius 1 is 1.00 bits per heavy atom. The normalized spacial score (nSPS) is 10.9. The second-order valence-electron chi connectivity index (χ2n) is 5.79. The molecule has 4 rings (SSSR count). The molecular weight excluding hydrogens is 346 g/mol. The fourth-order valence-electron chi connectivity index (χ4n) is 2.73. The quantitative estimate of drug-likeness (QED) is 0.428. The smallest absolute Gasteiger partial charge is 0.259 e. The minimum absolute atomic E-state index is 0.152. The fourth-order valence-corrected chi connectivity index (χ4v) is 3.40. The van der Waals surface area contributed by atoms with Gasteiger partial charge >= 0.3 is 0 Å². The lowest BCUT2D eigenvalue weighted by Crippen LogP contribution is -2.15. The second-order valence-corrected chi connectivity index (χ2v) is 6.75. The molecule has 0 aliphatic carbocycles. The number of carbonyl (C=O) groups is 1. The van der Waals surface area contributed by atoms with Gasteiger partial charge < -0.3 is 10.3 Å². The molecule has 2 N–H and O–H groups in total. The molecule has 0 atom stereocenters. The molecule has 26 heavy (non-hydrogen) atoms. The van der Waals surface area contributed by atoms with Gasteiger partial charge in [-0.3, -0.25) is 9.59 Å². The zero-order chi connectivity index (χ0) is 17.9. The molecule has 0 spiro atoms. The summed E-state index contributed by atoms with van der Waals surface area (Å²) in [6, 6.07) is 20.9. The van der Waals surface area contributed by atoms with Gasteiger partial charge in [-0.2, -0.15) is 0 Å². The van der Waals surface area contributed by atoms with Crippen molar-refractivity contribution in [2.24, 2.45) is 0 Å². The first kappa shape index (κ1) is 16.4. The number of fused-ring (bicyclic) bond motifs is 2. The number of H-pyrrole nitrogens is 1. The highest BCUT2D eigenvalue weighted by Crippen LogP contribution is 2.20. The highest BCUT2D eigenvalue weighted by atomic mass is 32.2. The van der Waals surface area contributed by atoms with Crippen LogP contribution >= 0.6 is 11.8 Å². The Labute approximate surface area is 153 Å². The lowest BCUT2D eigenvalue weighted by atomic mass is 10.1. The van der Waals surface area contributed by atoms with Gasteiger partial charge in [-0.25, -0.2) is 4.98 Å². The van der Waals surface area contributed by atoms with Crippen LogP contribution in [0, 0.1) is 0 Å². The summed E-state index contributed by atoms with van der Waals surface area (Å²) in [6.45, 7) is 0. The van der Waals surface area contributed by atoms with Crippen molar-refractivity contribution in [2.45, 2.75) is 5.16 Å². The first-order valence-corrected chi connectivity index (χ1v) is 9.08. The van der Waals surface area contributed by atoms with E-state index in [0.29, 0.717) is 16.1 Å². The van der Waals surface area contributed by atoms with Crippen LogP contribution in [-0.2, 0) is 4.79 Å². The number of nitrogens with one attached hydrogen (secondary N) is 2. The van der Waals surface area contributed by atoms with Gasteiger partial charge in [0, 0.05) is 5.69 Å². The minimum Gasteiger partial charge on any atom is -0.325 e. The Bertz CT molecular complexity index is 1170. The standard InChI is InChI=1S/C20H15N3O2S/c24-18(21-15-10-9-13-5-1-2-6-14(13)11-15)12-26-20-22-17-8-4-3-7-16(17)19(25)23-20/h1-11H,12H2,(H,21,24)(H,22,23,25). The average molecular weight is 361 g/mol. The summed E-state index contributed by atoms with van der Waals surface area (Å²) in [4.78, 5) is 31.4. The summed E-state index contributed by atoms with van der Waals surface area (Å²) in [7, 11) is 0. The first-order chi connectivity index (χ1) is 12.7. The predicted octanol–water partition coefficient (Wildman–Crippen LogP) is 3.81. The Hall–Kier alpha value is -3.12. The number of aromatic amines is 1. The maximum Gasteiger partial charge on any atom is 0.259 e. The number of aromatic nitrogens is 2. The van der Waals surface area contributed by atoms with Crippen LogP contribution in [0.2, 0.25) is 0 Å². The van der Waals surface area contributed by atoms with Crippen LogP contribution in [0.1, 0.15) is 0 Å². The van der Waals surface area contributed by atoms with Crippen LogP contribution in [0.4, 0.5) is 5.69 Å². The molecule has 1 aromatic heterocycles. The Kier molecular flexibility index (Phi) is 4.41. The molecule has 6 heteroatoms. The van der Waals surface area contributed by atoms with E-state index in [1.165, 1.54) is 11.8 Å². The van der Waals surface area contributed by atoms with Crippen molar-refractivity contribution in [3.05, 3.63) is 77.1 Å². The number of hydrogen-bond donors (Lipinski definition) is 2. The molecule has 5 nitrogen and oxygen atoms in total. The third-order valence-electron chi connectivity index (χ3n) is 3.96. The lowest BCUT2D eigenvalue weighted by molar-refractivity contribution is -0.113. The van der Waals surface area contributed by atoms with Gasteiger partial charge in [-0.05, 0) is 35.0 Å². The number of rotatable bonds is 4. The van der Waals surface area contributed by atoms with Gasteiger partial charge in [-0.15, -0.1) is 0 Å². The SMILES string of the molecule is O=C(CSc1nc2ccccc2c(=O)[nH]1)Nc1ccc2ccccc2c1. The molecule has 4 aromatic rings. The monoisotopic (exact) mass is 361 g/mol. The fraction of sp³-hybridized carbons (Fsp3) is 0.0500. The van der Waals surface area contributed by atoms with Crippen LogP contribution in [0.3, 0.4) is 0 Å². The minimum atomic E-state index is -0.201. The summed E-state index contributed by atoms with van der Waals surface area (Å²) in [5.74, 6) is 0.00905. The summed E-state index contributed by atoms with van der Waals surface area (Å²) in [6.07, 6.45) is 0. The number of nitrogens with zero attached hydrogens (tertiary/aromatic N) is 1. The zero-order valence-corrected chi connectivity index (χ0v) is 14.5. The molecule has 0 fully saturated rings. The number of amides is 1. The molecule has 0 unspecified atom stereocenters. The van der Waals surface area contributed by atoms with Crippen molar-refractivity contribution in [2.75, 3.05) is 11.1 Å². The van der Waals surface area contributed by atoms with Crippen molar-refractivity contribution >= 4 is 45.0 Å². The third kappa shape index (κ3) is 3.45. The van der Waals surface area contributed by atoms with Crippen LogP contribution in [0.5, 0.6) is 0 Å². The molecular formula is C20H15N3O2S. The molecule has 0 aliphatic rings. The van der Waals surface area contributed by atoms with Crippen LogP contribution in [0.25, 0.3) is 21.7 Å². The van der Waals surface area contributed by atoms with Crippen molar-refractivity contribution in [3.8, 4) is 0 Å². The molecule has 0 saturated heterocycles. The average Bonchev–Trinajstić information content (AvgIpc) is 2.66. The summed E-state index contributed by atoms with van der Waals surface area (Å²) in [5, 5.41) is 6.04. The maximum absolute atomic E-state index is 12.2. The molecule has 0 aliphatic heterocycles. The Balaban J connectivity index is 1.45.